The molecular formula is C3H7BNO2. The fraction of sp³-hybridized carbons (Fsp3) is 0.667. The van der Waals surface area contributed by atoms with Crippen LogP contribution in [0.5, 0.6) is 0 Å². The third-order valence-corrected chi connectivity index (χ3v) is 0.380. The highest BCUT2D eigenvalue weighted by Gasteiger charge is 1.88. The van der Waals surface area contributed by atoms with E-state index >= 15 is 0 Å². The molecule has 0 aromatic heterocycles. The van der Waals surface area contributed by atoms with E-state index < -0.39 is 0 Å². The average molecular weight is 99.9 g/mol. The minimum atomic E-state index is -0.123. The third kappa shape index (κ3) is 5.49. The summed E-state index contributed by atoms with van der Waals surface area (Å²) in [7, 11) is 2.69. The number of carbonyl (C=O) groups is 1. The Hall–Kier alpha value is -0.505. The molecule has 0 heterocycles. The van der Waals surface area contributed by atoms with Gasteiger partial charge in [0.15, 0.2) is 0 Å². The van der Waals surface area contributed by atoms with Crippen molar-refractivity contribution in [1.82, 2.24) is 5.23 Å². The molecule has 0 atom stereocenters. The Labute approximate surface area is 43.3 Å². The van der Waals surface area contributed by atoms with Crippen LogP contribution in [-0.2, 0) is 9.45 Å². The van der Waals surface area contributed by atoms with Gasteiger partial charge < -0.3 is 9.88 Å². The van der Waals surface area contributed by atoms with Crippen LogP contribution >= 0.6 is 0 Å². The van der Waals surface area contributed by atoms with Crippen molar-refractivity contribution in [1.29, 1.82) is 0 Å². The van der Waals surface area contributed by atoms with Gasteiger partial charge >= 0.3 is 7.62 Å². The van der Waals surface area contributed by atoms with E-state index in [0.717, 1.165) is 0 Å². The third-order valence-electron chi connectivity index (χ3n) is 0.380. The Bertz CT molecular complexity index is 66.0. The second-order valence-electron chi connectivity index (χ2n) is 1.05. The zero-order valence-electron chi connectivity index (χ0n) is 4.39. The van der Waals surface area contributed by atoms with E-state index in [1.54, 1.807) is 0 Å². The number of amides is 1. The molecule has 0 unspecified atom stereocenters. The summed E-state index contributed by atoms with van der Waals surface area (Å²) in [6.45, 7) is 1.41. The van der Waals surface area contributed by atoms with Gasteiger partial charge in [0.05, 0.1) is 0 Å². The standard InChI is InChI=1S/C3H7BNO2/c1-3(6)5-4-7-2/h1-2H3,(H,5,6). The van der Waals surface area contributed by atoms with Crippen LogP contribution in [0.3, 0.4) is 0 Å². The number of rotatable bonds is 2. The topological polar surface area (TPSA) is 38.3 Å². The molecule has 0 aromatic rings. The van der Waals surface area contributed by atoms with Crippen molar-refractivity contribution in [3.8, 4) is 0 Å². The zero-order valence-corrected chi connectivity index (χ0v) is 4.39. The molecule has 0 saturated carbocycles. The Morgan fingerprint density at radius 3 is 2.57 bits per heavy atom. The van der Waals surface area contributed by atoms with E-state index in [0.29, 0.717) is 0 Å². The van der Waals surface area contributed by atoms with Crippen molar-refractivity contribution in [2.45, 2.75) is 6.92 Å². The van der Waals surface area contributed by atoms with Crippen LogP contribution in [0.1, 0.15) is 6.92 Å². The molecule has 4 heteroatoms. The lowest BCUT2D eigenvalue weighted by Gasteiger charge is -1.91. The molecule has 7 heavy (non-hydrogen) atoms. The van der Waals surface area contributed by atoms with Crippen molar-refractivity contribution < 1.29 is 9.45 Å². The van der Waals surface area contributed by atoms with Crippen LogP contribution in [-0.4, -0.2) is 20.6 Å². The molecule has 0 aliphatic carbocycles. The Kier molecular flexibility index (Phi) is 3.41. The van der Waals surface area contributed by atoms with Crippen molar-refractivity contribution in [3.05, 3.63) is 0 Å². The van der Waals surface area contributed by atoms with Gasteiger partial charge in [0.25, 0.3) is 0 Å². The molecule has 0 fully saturated rings. The Balaban J connectivity index is 2.82. The second kappa shape index (κ2) is 3.68. The molecule has 0 aliphatic heterocycles. The first-order valence-electron chi connectivity index (χ1n) is 1.89. The maximum atomic E-state index is 9.98. The van der Waals surface area contributed by atoms with Gasteiger partial charge in [0.1, 0.15) is 0 Å². The van der Waals surface area contributed by atoms with Crippen LogP contribution < -0.4 is 5.23 Å². The van der Waals surface area contributed by atoms with Gasteiger partial charge in [0, 0.05) is 14.0 Å². The summed E-state index contributed by atoms with van der Waals surface area (Å²) in [5.74, 6) is -0.123. The van der Waals surface area contributed by atoms with E-state index in [1.807, 2.05) is 0 Å². The van der Waals surface area contributed by atoms with E-state index in [2.05, 4.69) is 9.88 Å². The molecule has 1 N–H and O–H groups in total. The van der Waals surface area contributed by atoms with E-state index in [9.17, 15) is 4.79 Å². The summed E-state index contributed by atoms with van der Waals surface area (Å²) in [4.78, 5) is 9.98. The molecule has 1 amide bonds. The predicted molar refractivity (Wildman–Crippen MR) is 26.6 cm³/mol. The van der Waals surface area contributed by atoms with E-state index in [1.165, 1.54) is 21.7 Å². The molecular weight excluding hydrogens is 92.8 g/mol. The highest BCUT2D eigenvalue weighted by Crippen LogP contribution is 1.55. The molecule has 0 saturated heterocycles. The lowest BCUT2D eigenvalue weighted by atomic mass is 10.3. The van der Waals surface area contributed by atoms with Gasteiger partial charge in [-0.1, -0.05) is 0 Å². The van der Waals surface area contributed by atoms with Gasteiger partial charge in [-0.25, -0.2) is 0 Å². The highest BCUT2D eigenvalue weighted by molar-refractivity contribution is 6.29. The second-order valence-corrected chi connectivity index (χ2v) is 1.05. The molecule has 1 radical (unpaired) electrons. The van der Waals surface area contributed by atoms with Gasteiger partial charge in [0.2, 0.25) is 5.91 Å². The van der Waals surface area contributed by atoms with Crippen molar-refractivity contribution in [3.63, 3.8) is 0 Å². The molecule has 0 aliphatic rings. The molecule has 3 nitrogen and oxygen atoms in total. The summed E-state index contributed by atoms with van der Waals surface area (Å²) < 4.78 is 4.40. The van der Waals surface area contributed by atoms with Gasteiger partial charge in [-0.3, -0.25) is 4.79 Å². The van der Waals surface area contributed by atoms with Gasteiger partial charge in [-0.15, -0.1) is 0 Å². The normalized spacial score (nSPS) is 7.71. The Morgan fingerprint density at radius 2 is 2.43 bits per heavy atom. The van der Waals surface area contributed by atoms with E-state index in [4.69, 9.17) is 0 Å². The number of carbonyl (C=O) groups excluding carboxylic acids is 1. The quantitative estimate of drug-likeness (QED) is 0.466. The smallest absolute Gasteiger partial charge is 0.422 e. The lowest BCUT2D eigenvalue weighted by molar-refractivity contribution is -0.117. The summed E-state index contributed by atoms with van der Waals surface area (Å²) >= 11 is 0. The minimum Gasteiger partial charge on any atom is -0.422 e. The minimum absolute atomic E-state index is 0.123. The summed E-state index contributed by atoms with van der Waals surface area (Å²) in [6.07, 6.45) is 0. The average Bonchev–Trinajstić information content (AvgIpc) is 1.61. The number of hydrogen-bond acceptors (Lipinski definition) is 2. The first kappa shape index (κ1) is 6.49. The Morgan fingerprint density at radius 1 is 1.86 bits per heavy atom. The van der Waals surface area contributed by atoms with Crippen molar-refractivity contribution in [2.75, 3.05) is 7.11 Å². The monoisotopic (exact) mass is 100 g/mol. The van der Waals surface area contributed by atoms with E-state index in [-0.39, 0.29) is 5.91 Å². The SMILES string of the molecule is CO[B]NC(C)=O. The molecule has 0 rings (SSSR count). The maximum Gasteiger partial charge on any atom is 0.438 e. The fourth-order valence-corrected chi connectivity index (χ4v) is 0.142. The van der Waals surface area contributed by atoms with Gasteiger partial charge in [-0.05, 0) is 0 Å². The first-order chi connectivity index (χ1) is 3.27. The first-order valence-corrected chi connectivity index (χ1v) is 1.89. The molecule has 0 aromatic carbocycles. The van der Waals surface area contributed by atoms with Crippen molar-refractivity contribution in [2.24, 2.45) is 0 Å². The predicted octanol–water partition coefficient (Wildman–Crippen LogP) is -0.697. The molecule has 0 bridgehead atoms. The lowest BCUT2D eigenvalue weighted by Crippen LogP contribution is -2.25. The highest BCUT2D eigenvalue weighted by atomic mass is 16.4. The van der Waals surface area contributed by atoms with Crippen LogP contribution in [0.25, 0.3) is 0 Å². The van der Waals surface area contributed by atoms with Crippen LogP contribution in [0, 0.1) is 0 Å². The number of hydrogen-bond donors (Lipinski definition) is 1. The molecule has 39 valence electrons. The fourth-order valence-electron chi connectivity index (χ4n) is 0.142. The van der Waals surface area contributed by atoms with Crippen LogP contribution in [0.2, 0.25) is 0 Å². The van der Waals surface area contributed by atoms with Crippen LogP contribution in [0.15, 0.2) is 0 Å². The van der Waals surface area contributed by atoms with Crippen molar-refractivity contribution >= 4 is 13.5 Å². The maximum absolute atomic E-state index is 9.98. The molecule has 0 spiro atoms. The summed E-state index contributed by atoms with van der Waals surface area (Å²) in [5.41, 5.74) is 0. The largest absolute Gasteiger partial charge is 0.438 e. The summed E-state index contributed by atoms with van der Waals surface area (Å²) in [5, 5.41) is 2.31. The summed E-state index contributed by atoms with van der Waals surface area (Å²) in [6, 6.07) is 0. The zero-order chi connectivity index (χ0) is 5.70. The number of nitrogens with one attached hydrogen (secondary N) is 1. The van der Waals surface area contributed by atoms with Gasteiger partial charge in [-0.2, -0.15) is 0 Å². The van der Waals surface area contributed by atoms with Crippen LogP contribution in [0.4, 0.5) is 0 Å².